The fourth-order valence-corrected chi connectivity index (χ4v) is 6.33. The molecule has 0 aliphatic carbocycles. The molecular formula is C26H16N6S5. The number of nitrogens with zero attached hydrogens (tertiary/aromatic N) is 4. The second kappa shape index (κ2) is 11.9. The van der Waals surface area contributed by atoms with Crippen molar-refractivity contribution >= 4 is 92.7 Å². The van der Waals surface area contributed by atoms with Gasteiger partial charge < -0.3 is 11.1 Å². The molecule has 0 fully saturated rings. The van der Waals surface area contributed by atoms with E-state index in [0.29, 0.717) is 32.5 Å². The van der Waals surface area contributed by atoms with Gasteiger partial charge in [-0.25, -0.2) is 4.98 Å². The van der Waals surface area contributed by atoms with E-state index in [0.717, 1.165) is 30.6 Å². The first-order valence-electron chi connectivity index (χ1n) is 10.5. The van der Waals surface area contributed by atoms with Crippen molar-refractivity contribution in [2.24, 2.45) is 4.36 Å². The monoisotopic (exact) mass is 572 g/mol. The molecule has 0 unspecified atom stereocenters. The SMILES string of the molecule is C=CNC(=S)/C(C#N)=C/c1ccc(-c2ccc(-c3ccc(/C=C(\C#N)c4nccs4)s3)c(N=S)c2N)s1. The number of nitriles is 2. The summed E-state index contributed by atoms with van der Waals surface area (Å²) in [5, 5.41) is 24.2. The number of anilines is 1. The summed E-state index contributed by atoms with van der Waals surface area (Å²) in [5.74, 6) is 0. The predicted molar refractivity (Wildman–Crippen MR) is 162 cm³/mol. The number of hydrogen-bond donors (Lipinski definition) is 2. The van der Waals surface area contributed by atoms with E-state index >= 15 is 0 Å². The highest BCUT2D eigenvalue weighted by atomic mass is 32.1. The van der Waals surface area contributed by atoms with E-state index in [9.17, 15) is 10.5 Å². The van der Waals surface area contributed by atoms with Gasteiger partial charge in [-0.15, -0.1) is 34.0 Å². The van der Waals surface area contributed by atoms with Crippen LogP contribution >= 0.6 is 46.2 Å². The van der Waals surface area contributed by atoms with E-state index in [-0.39, 0.29) is 0 Å². The van der Waals surface area contributed by atoms with Gasteiger partial charge in [0.25, 0.3) is 0 Å². The maximum Gasteiger partial charge on any atom is 0.133 e. The van der Waals surface area contributed by atoms with Crippen LogP contribution in [0.15, 0.2) is 70.7 Å². The lowest BCUT2D eigenvalue weighted by Gasteiger charge is -2.10. The molecule has 0 atom stereocenters. The van der Waals surface area contributed by atoms with Crippen LogP contribution in [0.5, 0.6) is 0 Å². The maximum absolute atomic E-state index is 9.53. The Morgan fingerprint density at radius 2 is 1.70 bits per heavy atom. The molecule has 4 rings (SSSR count). The highest BCUT2D eigenvalue weighted by Gasteiger charge is 2.16. The second-order valence-corrected chi connectivity index (χ2v) is 11.0. The van der Waals surface area contributed by atoms with Gasteiger partial charge in [0.15, 0.2) is 0 Å². The Morgan fingerprint density at radius 3 is 2.30 bits per heavy atom. The van der Waals surface area contributed by atoms with Gasteiger partial charge in [0.2, 0.25) is 0 Å². The van der Waals surface area contributed by atoms with E-state index in [1.54, 1.807) is 12.3 Å². The van der Waals surface area contributed by atoms with Gasteiger partial charge in [-0.2, -0.15) is 14.9 Å². The zero-order valence-electron chi connectivity index (χ0n) is 19.0. The molecule has 0 saturated heterocycles. The summed E-state index contributed by atoms with van der Waals surface area (Å²) in [6.45, 7) is 3.57. The van der Waals surface area contributed by atoms with Crippen molar-refractivity contribution in [3.05, 3.63) is 81.1 Å². The molecule has 0 bridgehead atoms. The number of nitrogen functional groups attached to an aromatic ring is 1. The molecular weight excluding hydrogens is 557 g/mol. The summed E-state index contributed by atoms with van der Waals surface area (Å²) < 4.78 is 4.08. The molecule has 11 heteroatoms. The molecule has 0 saturated carbocycles. The molecule has 0 amide bonds. The number of hydrogen-bond acceptors (Lipinski definition) is 10. The Hall–Kier alpha value is -3.84. The van der Waals surface area contributed by atoms with E-state index in [4.69, 9.17) is 30.4 Å². The van der Waals surface area contributed by atoms with Crippen molar-refractivity contribution in [1.29, 1.82) is 10.5 Å². The molecule has 4 aromatic rings. The average Bonchev–Trinajstić information content (AvgIpc) is 3.68. The normalized spacial score (nSPS) is 11.4. The van der Waals surface area contributed by atoms with E-state index in [1.807, 2.05) is 47.9 Å². The molecule has 3 heterocycles. The first-order valence-corrected chi connectivity index (χ1v) is 13.8. The number of thiophene rings is 2. The van der Waals surface area contributed by atoms with Crippen molar-refractivity contribution in [3.8, 4) is 33.0 Å². The number of nitrogens with two attached hydrogens (primary N) is 1. The van der Waals surface area contributed by atoms with Crippen LogP contribution in [0.4, 0.5) is 11.4 Å². The van der Waals surface area contributed by atoms with Crippen molar-refractivity contribution in [1.82, 2.24) is 10.3 Å². The molecule has 37 heavy (non-hydrogen) atoms. The minimum atomic E-state index is 0.308. The maximum atomic E-state index is 9.53. The molecule has 6 nitrogen and oxygen atoms in total. The van der Waals surface area contributed by atoms with Crippen molar-refractivity contribution in [3.63, 3.8) is 0 Å². The van der Waals surface area contributed by atoms with Crippen LogP contribution in [-0.2, 0) is 12.4 Å². The van der Waals surface area contributed by atoms with Gasteiger partial charge in [0, 0.05) is 54.6 Å². The fourth-order valence-electron chi connectivity index (χ4n) is 3.37. The highest BCUT2D eigenvalue weighted by molar-refractivity contribution is 7.80. The number of thiocarbonyl (C=S) groups is 1. The van der Waals surface area contributed by atoms with Crippen molar-refractivity contribution < 1.29 is 0 Å². The van der Waals surface area contributed by atoms with E-state index < -0.39 is 0 Å². The van der Waals surface area contributed by atoms with Crippen LogP contribution in [0.3, 0.4) is 0 Å². The largest absolute Gasteiger partial charge is 0.396 e. The lowest BCUT2D eigenvalue weighted by Crippen LogP contribution is -2.15. The van der Waals surface area contributed by atoms with Crippen LogP contribution in [0, 0.1) is 22.7 Å². The zero-order valence-corrected chi connectivity index (χ0v) is 23.0. The molecule has 180 valence electrons. The summed E-state index contributed by atoms with van der Waals surface area (Å²) in [5.41, 5.74) is 10.00. The molecule has 1 aromatic carbocycles. The molecule has 0 spiro atoms. The number of aromatic nitrogens is 1. The number of benzene rings is 1. The first-order chi connectivity index (χ1) is 18.0. The summed E-state index contributed by atoms with van der Waals surface area (Å²) in [4.78, 5) is 8.13. The summed E-state index contributed by atoms with van der Waals surface area (Å²) in [6, 6.07) is 15.9. The molecule has 0 aliphatic rings. The van der Waals surface area contributed by atoms with Gasteiger partial charge in [-0.1, -0.05) is 30.9 Å². The van der Waals surface area contributed by atoms with Crippen LogP contribution in [0.2, 0.25) is 0 Å². The van der Waals surface area contributed by atoms with Gasteiger partial charge in [-0.05, 0) is 42.6 Å². The average molecular weight is 573 g/mol. The number of nitrogens with one attached hydrogen (secondary N) is 1. The third kappa shape index (κ3) is 5.78. The second-order valence-electron chi connectivity index (χ2n) is 7.27. The molecule has 3 N–H and O–H groups in total. The molecule has 0 radical (unpaired) electrons. The van der Waals surface area contributed by atoms with E-state index in [2.05, 4.69) is 33.4 Å². The summed E-state index contributed by atoms with van der Waals surface area (Å²) >= 11 is 14.7. The van der Waals surface area contributed by atoms with Crippen LogP contribution in [0.25, 0.3) is 38.6 Å². The number of rotatable bonds is 8. The van der Waals surface area contributed by atoms with Gasteiger partial charge >= 0.3 is 0 Å². The lowest BCUT2D eigenvalue weighted by molar-refractivity contribution is 1.32. The Labute approximate surface area is 236 Å². The van der Waals surface area contributed by atoms with Gasteiger partial charge in [0.05, 0.1) is 16.8 Å². The first kappa shape index (κ1) is 26.2. The van der Waals surface area contributed by atoms with Crippen LogP contribution < -0.4 is 11.1 Å². The summed E-state index contributed by atoms with van der Waals surface area (Å²) in [6.07, 6.45) is 6.65. The van der Waals surface area contributed by atoms with Crippen LogP contribution in [0.1, 0.15) is 14.8 Å². The zero-order chi connectivity index (χ0) is 26.4. The topological polar surface area (TPSA) is 111 Å². The summed E-state index contributed by atoms with van der Waals surface area (Å²) in [7, 11) is 0. The molecule has 3 aromatic heterocycles. The number of thiazole rings is 1. The number of allylic oxidation sites excluding steroid dienone is 1. The fraction of sp³-hybridized carbons (Fsp3) is 0. The standard InChI is InChI=1S/C26H16N6S5/c1-2-30-25(33)15(13-27)11-17-3-7-21(36-17)19-5-6-20(24(32-34)23(19)29)22-8-4-18(37-22)12-16(14-28)26-31-9-10-35-26/h2-12H,1,29H2,(H,30,33)/b15-11+,16-12+. The Bertz CT molecular complexity index is 1640. The minimum absolute atomic E-state index is 0.308. The van der Waals surface area contributed by atoms with Crippen molar-refractivity contribution in [2.45, 2.75) is 0 Å². The molecule has 0 aliphatic heterocycles. The van der Waals surface area contributed by atoms with Gasteiger partial charge in [-0.3, -0.25) is 0 Å². The predicted octanol–water partition coefficient (Wildman–Crippen LogP) is 7.58. The van der Waals surface area contributed by atoms with Gasteiger partial charge in [0.1, 0.15) is 27.8 Å². The third-order valence-corrected chi connectivity index (χ3v) is 8.51. The Balaban J connectivity index is 1.67. The highest BCUT2D eigenvalue weighted by Crippen LogP contribution is 2.45. The Morgan fingerprint density at radius 1 is 1.03 bits per heavy atom. The Kier molecular flexibility index (Phi) is 8.46. The lowest BCUT2D eigenvalue weighted by atomic mass is 10.0. The van der Waals surface area contributed by atoms with Crippen molar-refractivity contribution in [2.75, 3.05) is 5.73 Å². The minimum Gasteiger partial charge on any atom is -0.396 e. The van der Waals surface area contributed by atoms with Crippen LogP contribution in [-0.4, -0.2) is 9.97 Å². The van der Waals surface area contributed by atoms with E-state index in [1.165, 1.54) is 40.2 Å². The third-order valence-electron chi connectivity index (χ3n) is 5.05. The smallest absolute Gasteiger partial charge is 0.133 e. The quantitative estimate of drug-likeness (QED) is 0.0969.